The average Bonchev–Trinajstić information content (AvgIpc) is 2.71. The van der Waals surface area contributed by atoms with E-state index in [4.69, 9.17) is 6.42 Å². The van der Waals surface area contributed by atoms with Gasteiger partial charge in [0.2, 0.25) is 5.91 Å². The fourth-order valence-electron chi connectivity index (χ4n) is 2.59. The molecule has 0 aromatic heterocycles. The maximum absolute atomic E-state index is 11.6. The number of carboxylic acid groups (broad SMARTS) is 1. The van der Waals surface area contributed by atoms with Gasteiger partial charge in [-0.15, -0.1) is 6.42 Å². The smallest absolute Gasteiger partial charge is 0.324 e. The number of carbonyl (C=O) groups excluding carboxylic acids is 1. The molecule has 1 rings (SSSR count). The second kappa shape index (κ2) is 6.41. The van der Waals surface area contributed by atoms with Gasteiger partial charge in [0.1, 0.15) is 5.54 Å². The Morgan fingerprint density at radius 2 is 2.28 bits per heavy atom. The van der Waals surface area contributed by atoms with Crippen molar-refractivity contribution in [1.82, 2.24) is 10.2 Å². The molecule has 18 heavy (non-hydrogen) atoms. The first-order valence-electron chi connectivity index (χ1n) is 6.25. The minimum Gasteiger partial charge on any atom is -0.480 e. The summed E-state index contributed by atoms with van der Waals surface area (Å²) in [6, 6.07) is 0. The Morgan fingerprint density at radius 1 is 1.56 bits per heavy atom. The third kappa shape index (κ3) is 3.02. The highest BCUT2D eigenvalue weighted by atomic mass is 16.4. The van der Waals surface area contributed by atoms with E-state index in [1.54, 1.807) is 4.90 Å². The maximum Gasteiger partial charge on any atom is 0.324 e. The summed E-state index contributed by atoms with van der Waals surface area (Å²) in [5.41, 5.74) is -0.873. The maximum atomic E-state index is 11.6. The van der Waals surface area contributed by atoms with Crippen molar-refractivity contribution in [3.05, 3.63) is 0 Å². The summed E-state index contributed by atoms with van der Waals surface area (Å²) in [5, 5.41) is 12.0. The van der Waals surface area contributed by atoms with Crippen molar-refractivity contribution in [2.45, 2.75) is 38.1 Å². The molecule has 1 amide bonds. The number of hydrogen-bond donors (Lipinski definition) is 2. The van der Waals surface area contributed by atoms with Gasteiger partial charge in [0.15, 0.2) is 0 Å². The molecule has 1 saturated heterocycles. The Labute approximate surface area is 108 Å². The molecule has 1 atom stereocenters. The molecular formula is C13H20N2O3. The van der Waals surface area contributed by atoms with Gasteiger partial charge in [0.25, 0.3) is 0 Å². The normalized spacial score (nSPS) is 23.6. The lowest BCUT2D eigenvalue weighted by Crippen LogP contribution is -2.53. The molecule has 0 bridgehead atoms. The van der Waals surface area contributed by atoms with Crippen molar-refractivity contribution in [1.29, 1.82) is 0 Å². The van der Waals surface area contributed by atoms with Crippen molar-refractivity contribution < 1.29 is 14.7 Å². The fraction of sp³-hybridized carbons (Fsp3) is 0.692. The van der Waals surface area contributed by atoms with E-state index in [0.29, 0.717) is 19.4 Å². The summed E-state index contributed by atoms with van der Waals surface area (Å²) in [5.74, 6) is 1.29. The summed E-state index contributed by atoms with van der Waals surface area (Å²) in [6.45, 7) is 2.89. The summed E-state index contributed by atoms with van der Waals surface area (Å²) >= 11 is 0. The number of likely N-dealkylation sites (tertiary alicyclic amines) is 1. The monoisotopic (exact) mass is 252 g/mol. The highest BCUT2D eigenvalue weighted by molar-refractivity contribution is 5.82. The van der Waals surface area contributed by atoms with Crippen LogP contribution >= 0.6 is 0 Å². The van der Waals surface area contributed by atoms with Crippen LogP contribution in [0.2, 0.25) is 0 Å². The van der Waals surface area contributed by atoms with Gasteiger partial charge in [-0.1, -0.05) is 19.3 Å². The van der Waals surface area contributed by atoms with Crippen LogP contribution in [0.15, 0.2) is 0 Å². The van der Waals surface area contributed by atoms with E-state index >= 15 is 0 Å². The number of nitrogens with one attached hydrogen (secondary N) is 1. The largest absolute Gasteiger partial charge is 0.480 e. The van der Waals surface area contributed by atoms with Crippen LogP contribution in [0.1, 0.15) is 32.6 Å². The number of amides is 1. The predicted octanol–water partition coefficient (Wildman–Crippen LogP) is 0.455. The fourth-order valence-corrected chi connectivity index (χ4v) is 2.59. The Bertz CT molecular complexity index is 362. The first-order valence-corrected chi connectivity index (χ1v) is 6.25. The first kappa shape index (κ1) is 14.5. The molecule has 1 unspecified atom stereocenters. The summed E-state index contributed by atoms with van der Waals surface area (Å²) in [6.07, 6.45) is 7.85. The number of carbonyl (C=O) groups is 2. The van der Waals surface area contributed by atoms with Crippen LogP contribution in [0.5, 0.6) is 0 Å². The molecule has 1 heterocycles. The third-order valence-electron chi connectivity index (χ3n) is 3.41. The van der Waals surface area contributed by atoms with Crippen molar-refractivity contribution in [2.24, 2.45) is 0 Å². The van der Waals surface area contributed by atoms with Crippen LogP contribution in [0.4, 0.5) is 0 Å². The minimum absolute atomic E-state index is 0.105. The van der Waals surface area contributed by atoms with Gasteiger partial charge in [-0.05, 0) is 25.8 Å². The molecule has 5 heteroatoms. The Kier molecular flexibility index (Phi) is 5.17. The quantitative estimate of drug-likeness (QED) is 0.674. The minimum atomic E-state index is -0.873. The summed E-state index contributed by atoms with van der Waals surface area (Å²) < 4.78 is 0. The Balaban J connectivity index is 2.71. The lowest BCUT2D eigenvalue weighted by atomic mass is 9.90. The van der Waals surface area contributed by atoms with Crippen molar-refractivity contribution in [3.8, 4) is 12.3 Å². The summed E-state index contributed by atoms with van der Waals surface area (Å²) in [4.78, 5) is 24.9. The van der Waals surface area contributed by atoms with E-state index in [2.05, 4.69) is 11.2 Å². The molecular weight excluding hydrogens is 232 g/mol. The third-order valence-corrected chi connectivity index (χ3v) is 3.41. The molecule has 0 aromatic carbocycles. The number of rotatable bonds is 6. The van der Waals surface area contributed by atoms with Crippen molar-refractivity contribution in [3.63, 3.8) is 0 Å². The zero-order chi connectivity index (χ0) is 13.6. The molecule has 0 saturated carbocycles. The molecule has 1 aliphatic heterocycles. The van der Waals surface area contributed by atoms with Gasteiger partial charge in [-0.2, -0.15) is 0 Å². The summed E-state index contributed by atoms with van der Waals surface area (Å²) in [7, 11) is 0. The molecule has 100 valence electrons. The van der Waals surface area contributed by atoms with E-state index in [1.165, 1.54) is 0 Å². The zero-order valence-electron chi connectivity index (χ0n) is 10.7. The van der Waals surface area contributed by atoms with E-state index in [-0.39, 0.29) is 19.0 Å². The highest BCUT2D eigenvalue weighted by Gasteiger charge is 2.47. The van der Waals surface area contributed by atoms with Crippen LogP contribution < -0.4 is 5.32 Å². The second-order valence-electron chi connectivity index (χ2n) is 4.59. The molecule has 0 aromatic rings. The molecule has 0 aliphatic carbocycles. The van der Waals surface area contributed by atoms with Gasteiger partial charge < -0.3 is 10.4 Å². The van der Waals surface area contributed by atoms with E-state index in [0.717, 1.165) is 12.8 Å². The Hall–Kier alpha value is -1.54. The van der Waals surface area contributed by atoms with Crippen molar-refractivity contribution in [2.75, 3.05) is 19.6 Å². The van der Waals surface area contributed by atoms with Crippen molar-refractivity contribution >= 4 is 11.9 Å². The molecule has 5 nitrogen and oxygen atoms in total. The first-order chi connectivity index (χ1) is 8.56. The van der Waals surface area contributed by atoms with Crippen LogP contribution in [0.3, 0.4) is 0 Å². The highest BCUT2D eigenvalue weighted by Crippen LogP contribution is 2.33. The van der Waals surface area contributed by atoms with Crippen LogP contribution in [0, 0.1) is 12.3 Å². The van der Waals surface area contributed by atoms with E-state index in [9.17, 15) is 14.7 Å². The Morgan fingerprint density at radius 3 is 2.83 bits per heavy atom. The lowest BCUT2D eigenvalue weighted by Gasteiger charge is -2.34. The molecule has 2 N–H and O–H groups in total. The van der Waals surface area contributed by atoms with E-state index in [1.807, 2.05) is 6.92 Å². The molecule has 0 spiro atoms. The van der Waals surface area contributed by atoms with Gasteiger partial charge in [-0.25, -0.2) is 0 Å². The standard InChI is InChI=1S/C13H20N2O3/c1-3-6-13(12(17)18)7-5-9-15(13)10-11(16)14-8-4-2/h2H,3,5-10H2,1H3,(H,14,16)(H,17,18). The number of terminal acetylenes is 1. The SMILES string of the molecule is C#CCNC(=O)CN1CCCC1(CCC)C(=O)O. The number of nitrogens with zero attached hydrogens (tertiary/aromatic N) is 1. The lowest BCUT2D eigenvalue weighted by molar-refractivity contribution is -0.151. The zero-order valence-corrected chi connectivity index (χ0v) is 10.7. The van der Waals surface area contributed by atoms with E-state index < -0.39 is 11.5 Å². The second-order valence-corrected chi connectivity index (χ2v) is 4.59. The molecule has 1 aliphatic rings. The van der Waals surface area contributed by atoms with Crippen LogP contribution in [-0.4, -0.2) is 47.1 Å². The topological polar surface area (TPSA) is 69.6 Å². The number of carboxylic acids is 1. The van der Waals surface area contributed by atoms with Gasteiger partial charge >= 0.3 is 5.97 Å². The van der Waals surface area contributed by atoms with Crippen LogP contribution in [-0.2, 0) is 9.59 Å². The number of aliphatic carboxylic acids is 1. The van der Waals surface area contributed by atoms with Gasteiger partial charge in [-0.3, -0.25) is 14.5 Å². The van der Waals surface area contributed by atoms with Crippen LogP contribution in [0.25, 0.3) is 0 Å². The average molecular weight is 252 g/mol. The predicted molar refractivity (Wildman–Crippen MR) is 67.9 cm³/mol. The van der Waals surface area contributed by atoms with Gasteiger partial charge in [0.05, 0.1) is 13.1 Å². The molecule has 1 fully saturated rings. The molecule has 0 radical (unpaired) electrons. The van der Waals surface area contributed by atoms with Gasteiger partial charge in [0, 0.05) is 0 Å². The number of hydrogen-bond acceptors (Lipinski definition) is 3.